The molecule has 20 heavy (non-hydrogen) atoms. The number of hydrogen-bond acceptors (Lipinski definition) is 2. The van der Waals surface area contributed by atoms with E-state index in [0.29, 0.717) is 5.56 Å². The van der Waals surface area contributed by atoms with Crippen LogP contribution in [0, 0.1) is 11.8 Å². The van der Waals surface area contributed by atoms with Crippen LogP contribution in [0.2, 0.25) is 0 Å². The minimum Gasteiger partial charge on any atom is -0.478 e. The average molecular weight is 273 g/mol. The molecule has 1 aromatic carbocycles. The van der Waals surface area contributed by atoms with Crippen LogP contribution in [0.15, 0.2) is 24.3 Å². The van der Waals surface area contributed by atoms with Gasteiger partial charge in [0.1, 0.15) is 0 Å². The molecule has 3 heteroatoms. The number of carbonyl (C=O) groups is 1. The lowest BCUT2D eigenvalue weighted by atomic mass is 9.85. The molecule has 0 atom stereocenters. The Labute approximate surface area is 120 Å². The lowest BCUT2D eigenvalue weighted by Crippen LogP contribution is -2.33. The number of aromatic carboxylic acids is 1. The fourth-order valence-electron chi connectivity index (χ4n) is 2.97. The summed E-state index contributed by atoms with van der Waals surface area (Å²) in [4.78, 5) is 13.6. The first-order valence-corrected chi connectivity index (χ1v) is 7.75. The first-order valence-electron chi connectivity index (χ1n) is 7.75. The van der Waals surface area contributed by atoms with Crippen molar-refractivity contribution in [3.8, 4) is 0 Å². The van der Waals surface area contributed by atoms with Crippen molar-refractivity contribution in [3.63, 3.8) is 0 Å². The monoisotopic (exact) mass is 273 g/mol. The summed E-state index contributed by atoms with van der Waals surface area (Å²) in [6.07, 6.45) is 6.87. The van der Waals surface area contributed by atoms with E-state index >= 15 is 0 Å². The van der Waals surface area contributed by atoms with Gasteiger partial charge in [-0.3, -0.25) is 4.90 Å². The smallest absolute Gasteiger partial charge is 0.335 e. The summed E-state index contributed by atoms with van der Waals surface area (Å²) >= 11 is 0. The van der Waals surface area contributed by atoms with Crippen molar-refractivity contribution in [1.29, 1.82) is 0 Å². The van der Waals surface area contributed by atoms with E-state index in [0.717, 1.165) is 23.9 Å². The van der Waals surface area contributed by atoms with Gasteiger partial charge in [0.05, 0.1) is 5.56 Å². The van der Waals surface area contributed by atoms with Gasteiger partial charge < -0.3 is 5.11 Å². The van der Waals surface area contributed by atoms with E-state index in [4.69, 9.17) is 5.11 Å². The largest absolute Gasteiger partial charge is 0.478 e. The number of rotatable bonds is 7. The van der Waals surface area contributed by atoms with Crippen molar-refractivity contribution in [1.82, 2.24) is 4.90 Å². The Balaban J connectivity index is 1.64. The molecule has 0 aromatic heterocycles. The van der Waals surface area contributed by atoms with E-state index in [1.807, 2.05) is 18.2 Å². The summed E-state index contributed by atoms with van der Waals surface area (Å²) in [5.41, 5.74) is 1.53. The predicted octanol–water partition coefficient (Wildman–Crippen LogP) is 3.40. The van der Waals surface area contributed by atoms with Gasteiger partial charge in [-0.05, 0) is 55.2 Å². The molecule has 0 unspecified atom stereocenters. The maximum atomic E-state index is 11.0. The van der Waals surface area contributed by atoms with E-state index in [1.165, 1.54) is 45.2 Å². The van der Waals surface area contributed by atoms with E-state index in [1.54, 1.807) is 6.07 Å². The lowest BCUT2D eigenvalue weighted by molar-refractivity contribution is 0.0696. The molecular weight excluding hydrogens is 250 g/mol. The molecule has 0 bridgehead atoms. The number of carboxylic acid groups (broad SMARTS) is 1. The molecule has 2 aliphatic rings. The molecule has 0 amide bonds. The highest BCUT2D eigenvalue weighted by molar-refractivity contribution is 5.87. The summed E-state index contributed by atoms with van der Waals surface area (Å²) in [7, 11) is 0. The van der Waals surface area contributed by atoms with Crippen LogP contribution >= 0.6 is 0 Å². The average Bonchev–Trinajstić information content (AvgIpc) is 3.18. The molecule has 1 N–H and O–H groups in total. The van der Waals surface area contributed by atoms with Gasteiger partial charge in [-0.15, -0.1) is 0 Å². The summed E-state index contributed by atoms with van der Waals surface area (Å²) in [6.45, 7) is 3.27. The summed E-state index contributed by atoms with van der Waals surface area (Å²) < 4.78 is 0. The zero-order valence-corrected chi connectivity index (χ0v) is 11.9. The fourth-order valence-corrected chi connectivity index (χ4v) is 2.97. The predicted molar refractivity (Wildman–Crippen MR) is 78.7 cm³/mol. The maximum Gasteiger partial charge on any atom is 0.335 e. The van der Waals surface area contributed by atoms with Crippen LogP contribution in [-0.4, -0.2) is 29.1 Å². The number of benzene rings is 1. The van der Waals surface area contributed by atoms with Gasteiger partial charge in [0.25, 0.3) is 0 Å². The van der Waals surface area contributed by atoms with E-state index in [9.17, 15) is 4.79 Å². The second kappa shape index (κ2) is 5.96. The first-order chi connectivity index (χ1) is 9.70. The Hall–Kier alpha value is -1.35. The number of nitrogens with zero attached hydrogens (tertiary/aromatic N) is 1. The van der Waals surface area contributed by atoms with Crippen molar-refractivity contribution in [2.45, 2.75) is 38.6 Å². The van der Waals surface area contributed by atoms with Crippen LogP contribution in [-0.2, 0) is 6.54 Å². The van der Waals surface area contributed by atoms with E-state index < -0.39 is 5.97 Å². The van der Waals surface area contributed by atoms with Gasteiger partial charge in [-0.2, -0.15) is 0 Å². The fraction of sp³-hybridized carbons (Fsp3) is 0.588. The second-order valence-corrected chi connectivity index (χ2v) is 6.44. The normalized spacial score (nSPS) is 19.1. The van der Waals surface area contributed by atoms with Crippen LogP contribution < -0.4 is 0 Å². The molecular formula is C17H23NO2. The molecule has 0 radical (unpaired) electrons. The highest BCUT2D eigenvalue weighted by Gasteiger charge is 2.27. The molecule has 2 aliphatic carbocycles. The number of carboxylic acids is 1. The standard InChI is InChI=1S/C17H23NO2/c19-17(20)16-6-2-5-15(9-16)12-18(11-14-7-8-14)10-13-3-1-4-13/h2,5-6,9,13-14H,1,3-4,7-8,10-12H2,(H,19,20). The molecule has 2 fully saturated rings. The third-order valence-electron chi connectivity index (χ3n) is 4.53. The molecule has 3 nitrogen and oxygen atoms in total. The van der Waals surface area contributed by atoms with Gasteiger partial charge in [0, 0.05) is 19.6 Å². The van der Waals surface area contributed by atoms with Crippen molar-refractivity contribution in [2.75, 3.05) is 13.1 Å². The SMILES string of the molecule is O=C(O)c1cccc(CN(CC2CCC2)CC2CC2)c1. The molecule has 0 saturated heterocycles. The Bertz CT molecular complexity index is 478. The van der Waals surface area contributed by atoms with Crippen molar-refractivity contribution >= 4 is 5.97 Å². The van der Waals surface area contributed by atoms with E-state index in [-0.39, 0.29) is 0 Å². The summed E-state index contributed by atoms with van der Waals surface area (Å²) in [5.74, 6) is 0.925. The van der Waals surface area contributed by atoms with Crippen LogP contribution in [0.3, 0.4) is 0 Å². The third kappa shape index (κ3) is 3.60. The quantitative estimate of drug-likeness (QED) is 0.827. The molecule has 2 saturated carbocycles. The van der Waals surface area contributed by atoms with Gasteiger partial charge in [0.2, 0.25) is 0 Å². The third-order valence-corrected chi connectivity index (χ3v) is 4.53. The van der Waals surface area contributed by atoms with Gasteiger partial charge in [-0.1, -0.05) is 18.6 Å². The topological polar surface area (TPSA) is 40.5 Å². The van der Waals surface area contributed by atoms with Gasteiger partial charge in [-0.25, -0.2) is 4.79 Å². The van der Waals surface area contributed by atoms with Crippen LogP contribution in [0.4, 0.5) is 0 Å². The molecule has 0 heterocycles. The van der Waals surface area contributed by atoms with Crippen molar-refractivity contribution in [2.24, 2.45) is 11.8 Å². The zero-order valence-electron chi connectivity index (χ0n) is 11.9. The van der Waals surface area contributed by atoms with Crippen LogP contribution in [0.1, 0.15) is 48.0 Å². The molecule has 0 aliphatic heterocycles. The molecule has 3 rings (SSSR count). The van der Waals surface area contributed by atoms with Gasteiger partial charge in [0.15, 0.2) is 0 Å². The number of hydrogen-bond donors (Lipinski definition) is 1. The van der Waals surface area contributed by atoms with Crippen molar-refractivity contribution < 1.29 is 9.90 Å². The highest BCUT2D eigenvalue weighted by Crippen LogP contribution is 2.33. The molecule has 1 aromatic rings. The summed E-state index contributed by atoms with van der Waals surface area (Å²) in [5, 5.41) is 9.08. The second-order valence-electron chi connectivity index (χ2n) is 6.44. The van der Waals surface area contributed by atoms with Crippen LogP contribution in [0.25, 0.3) is 0 Å². The zero-order chi connectivity index (χ0) is 13.9. The Morgan fingerprint density at radius 1 is 1.15 bits per heavy atom. The van der Waals surface area contributed by atoms with Crippen LogP contribution in [0.5, 0.6) is 0 Å². The van der Waals surface area contributed by atoms with Gasteiger partial charge >= 0.3 is 5.97 Å². The van der Waals surface area contributed by atoms with Crippen molar-refractivity contribution in [3.05, 3.63) is 35.4 Å². The Morgan fingerprint density at radius 3 is 2.40 bits per heavy atom. The Kier molecular flexibility index (Phi) is 4.06. The minimum absolute atomic E-state index is 0.400. The minimum atomic E-state index is -0.834. The maximum absolute atomic E-state index is 11.0. The molecule has 0 spiro atoms. The molecule has 108 valence electrons. The Morgan fingerprint density at radius 2 is 1.85 bits per heavy atom. The lowest BCUT2D eigenvalue weighted by Gasteiger charge is -2.32. The van der Waals surface area contributed by atoms with E-state index in [2.05, 4.69) is 4.90 Å². The first kappa shape index (κ1) is 13.6. The highest BCUT2D eigenvalue weighted by atomic mass is 16.4. The summed E-state index contributed by atoms with van der Waals surface area (Å²) in [6, 6.07) is 7.40.